The van der Waals surface area contributed by atoms with Gasteiger partial charge in [0.1, 0.15) is 5.75 Å². The Morgan fingerprint density at radius 1 is 1.14 bits per heavy atom. The van der Waals surface area contributed by atoms with Crippen molar-refractivity contribution in [1.82, 2.24) is 14.7 Å². The number of nitrogens with one attached hydrogen (secondary N) is 1. The third kappa shape index (κ3) is 4.99. The van der Waals surface area contributed by atoms with E-state index in [1.807, 2.05) is 34.3 Å². The highest BCUT2D eigenvalue weighted by atomic mass is 32.1. The van der Waals surface area contributed by atoms with Crippen LogP contribution in [-0.2, 0) is 28.6 Å². The van der Waals surface area contributed by atoms with E-state index in [1.165, 1.54) is 0 Å². The van der Waals surface area contributed by atoms with Crippen LogP contribution in [0, 0.1) is 0 Å². The zero-order valence-corrected chi connectivity index (χ0v) is 19.0. The molecule has 0 unspecified atom stereocenters. The predicted octanol–water partition coefficient (Wildman–Crippen LogP) is 4.95. The molecule has 0 atom stereocenters. The van der Waals surface area contributed by atoms with Gasteiger partial charge in [-0.3, -0.25) is 9.20 Å². The van der Waals surface area contributed by atoms with Crippen molar-refractivity contribution in [3.63, 3.8) is 0 Å². The summed E-state index contributed by atoms with van der Waals surface area (Å²) in [5, 5.41) is 15.8. The van der Waals surface area contributed by atoms with Gasteiger partial charge in [-0.05, 0) is 33.9 Å². The van der Waals surface area contributed by atoms with Crippen LogP contribution in [0.25, 0.3) is 4.96 Å². The first-order valence-electron chi connectivity index (χ1n) is 10.00. The molecule has 1 aromatic carbocycles. The largest absolute Gasteiger partial charge is 0.507 e. The summed E-state index contributed by atoms with van der Waals surface area (Å²) in [7, 11) is 0. The van der Waals surface area contributed by atoms with Gasteiger partial charge < -0.3 is 10.4 Å². The van der Waals surface area contributed by atoms with E-state index in [-0.39, 0.29) is 16.7 Å². The maximum absolute atomic E-state index is 12.4. The first kappa shape index (κ1) is 21.4. The Kier molecular flexibility index (Phi) is 5.77. The Bertz CT molecular complexity index is 955. The van der Waals surface area contributed by atoms with E-state index in [9.17, 15) is 9.90 Å². The average molecular weight is 414 g/mol. The summed E-state index contributed by atoms with van der Waals surface area (Å²) in [6.45, 7) is 13.0. The molecule has 0 aliphatic carbocycles. The summed E-state index contributed by atoms with van der Waals surface area (Å²) in [6.07, 6.45) is 4.94. The van der Waals surface area contributed by atoms with Crippen LogP contribution in [0.15, 0.2) is 29.9 Å². The number of amides is 1. The first-order chi connectivity index (χ1) is 13.4. The second kappa shape index (κ2) is 7.82. The predicted molar refractivity (Wildman–Crippen MR) is 119 cm³/mol. The fraction of sp³-hybridized carbons (Fsp3) is 0.478. The number of benzene rings is 1. The van der Waals surface area contributed by atoms with Crippen LogP contribution in [0.1, 0.15) is 70.3 Å². The molecule has 5 nitrogen and oxygen atoms in total. The highest BCUT2D eigenvalue weighted by Crippen LogP contribution is 2.39. The molecule has 1 amide bonds. The lowest BCUT2D eigenvalue weighted by atomic mass is 9.78. The van der Waals surface area contributed by atoms with Gasteiger partial charge in [0.25, 0.3) is 0 Å². The maximum atomic E-state index is 12.4. The molecule has 0 aliphatic heterocycles. The molecular weight excluding hydrogens is 382 g/mol. The Hall–Kier alpha value is -2.34. The molecule has 2 N–H and O–H groups in total. The van der Waals surface area contributed by atoms with Crippen molar-refractivity contribution >= 4 is 22.2 Å². The van der Waals surface area contributed by atoms with Crippen LogP contribution in [0.3, 0.4) is 0 Å². The average Bonchev–Trinajstić information content (AvgIpc) is 3.18. The van der Waals surface area contributed by atoms with Crippen molar-refractivity contribution in [1.29, 1.82) is 0 Å². The van der Waals surface area contributed by atoms with Gasteiger partial charge in [0.05, 0.1) is 12.2 Å². The van der Waals surface area contributed by atoms with Crippen molar-refractivity contribution in [2.45, 2.75) is 71.8 Å². The lowest BCUT2D eigenvalue weighted by molar-refractivity contribution is -0.121. The number of phenols is 1. The summed E-state index contributed by atoms with van der Waals surface area (Å²) < 4.78 is 1.96. The molecule has 3 rings (SSSR count). The van der Waals surface area contributed by atoms with Crippen LogP contribution in [0.2, 0.25) is 0 Å². The van der Waals surface area contributed by atoms with Crippen molar-refractivity contribution in [2.24, 2.45) is 0 Å². The number of fused-ring (bicyclic) bond motifs is 1. The number of aryl methyl sites for hydroxylation is 1. The Morgan fingerprint density at radius 2 is 1.76 bits per heavy atom. The van der Waals surface area contributed by atoms with Crippen LogP contribution in [0.5, 0.6) is 5.75 Å². The van der Waals surface area contributed by atoms with E-state index in [1.54, 1.807) is 11.3 Å². The van der Waals surface area contributed by atoms with E-state index in [0.29, 0.717) is 25.1 Å². The molecule has 0 spiro atoms. The number of rotatable bonds is 5. The minimum absolute atomic E-state index is 0.00375. The van der Waals surface area contributed by atoms with Gasteiger partial charge in [0.2, 0.25) is 5.91 Å². The maximum Gasteiger partial charge on any atom is 0.220 e. The number of imidazole rings is 1. The fourth-order valence-electron chi connectivity index (χ4n) is 3.38. The Morgan fingerprint density at radius 3 is 2.31 bits per heavy atom. The second-order valence-electron chi connectivity index (χ2n) is 9.64. The van der Waals surface area contributed by atoms with Crippen molar-refractivity contribution < 1.29 is 9.90 Å². The molecule has 0 saturated carbocycles. The van der Waals surface area contributed by atoms with Gasteiger partial charge in [-0.25, -0.2) is 4.98 Å². The summed E-state index contributed by atoms with van der Waals surface area (Å²) in [4.78, 5) is 17.8. The van der Waals surface area contributed by atoms with Gasteiger partial charge in [0.15, 0.2) is 4.96 Å². The molecule has 0 radical (unpaired) electrons. The summed E-state index contributed by atoms with van der Waals surface area (Å²) in [5.74, 6) is 0.377. The number of aromatic nitrogens is 2. The standard InChI is InChI=1S/C23H31N3O2S/c1-22(2,3)17-11-15(12-18(20(17)28)23(4,5)6)7-8-19(27)24-13-16-14-26-9-10-29-21(26)25-16/h9-12,14,28H,7-8,13H2,1-6H3,(H,24,27). The van der Waals surface area contributed by atoms with E-state index in [2.05, 4.69) is 51.8 Å². The molecule has 0 fully saturated rings. The van der Waals surface area contributed by atoms with Gasteiger partial charge in [-0.1, -0.05) is 53.7 Å². The molecule has 2 heterocycles. The molecule has 29 heavy (non-hydrogen) atoms. The van der Waals surface area contributed by atoms with Crippen LogP contribution in [0.4, 0.5) is 0 Å². The number of carbonyl (C=O) groups is 1. The third-order valence-electron chi connectivity index (χ3n) is 5.04. The molecule has 3 aromatic rings. The number of hydrogen-bond acceptors (Lipinski definition) is 4. The smallest absolute Gasteiger partial charge is 0.220 e. The number of nitrogens with zero attached hydrogens (tertiary/aromatic N) is 2. The Balaban J connectivity index is 1.68. The second-order valence-corrected chi connectivity index (χ2v) is 10.5. The van der Waals surface area contributed by atoms with E-state index < -0.39 is 0 Å². The monoisotopic (exact) mass is 413 g/mol. The molecule has 2 aromatic heterocycles. The summed E-state index contributed by atoms with van der Waals surface area (Å²) in [5.41, 5.74) is 3.46. The van der Waals surface area contributed by atoms with E-state index in [4.69, 9.17) is 0 Å². The number of thiazole rings is 1. The number of carbonyl (C=O) groups excluding carboxylic acids is 1. The normalized spacial score (nSPS) is 12.5. The minimum atomic E-state index is -0.170. The fourth-order valence-corrected chi connectivity index (χ4v) is 4.10. The molecule has 0 bridgehead atoms. The molecule has 156 valence electrons. The van der Waals surface area contributed by atoms with Gasteiger partial charge in [0, 0.05) is 24.2 Å². The lowest BCUT2D eigenvalue weighted by Crippen LogP contribution is -2.23. The van der Waals surface area contributed by atoms with Crippen LogP contribution >= 0.6 is 11.3 Å². The molecular formula is C23H31N3O2S. The zero-order chi connectivity index (χ0) is 21.4. The first-order valence-corrected chi connectivity index (χ1v) is 10.9. The summed E-state index contributed by atoms with van der Waals surface area (Å²) >= 11 is 1.58. The molecule has 6 heteroatoms. The van der Waals surface area contributed by atoms with Gasteiger partial charge in [-0.15, -0.1) is 11.3 Å². The van der Waals surface area contributed by atoms with E-state index in [0.717, 1.165) is 27.3 Å². The highest BCUT2D eigenvalue weighted by Gasteiger charge is 2.26. The number of phenolic OH excluding ortho intramolecular Hbond substituents is 1. The Labute approximate surface area is 176 Å². The van der Waals surface area contributed by atoms with Crippen molar-refractivity contribution in [3.05, 3.63) is 52.3 Å². The lowest BCUT2D eigenvalue weighted by Gasteiger charge is -2.28. The summed E-state index contributed by atoms with van der Waals surface area (Å²) in [6, 6.07) is 4.09. The van der Waals surface area contributed by atoms with Crippen molar-refractivity contribution in [3.8, 4) is 5.75 Å². The zero-order valence-electron chi connectivity index (χ0n) is 18.2. The highest BCUT2D eigenvalue weighted by molar-refractivity contribution is 7.15. The van der Waals surface area contributed by atoms with E-state index >= 15 is 0 Å². The van der Waals surface area contributed by atoms with Gasteiger partial charge in [-0.2, -0.15) is 0 Å². The molecule has 0 saturated heterocycles. The number of hydrogen-bond donors (Lipinski definition) is 2. The number of aromatic hydroxyl groups is 1. The van der Waals surface area contributed by atoms with Crippen LogP contribution < -0.4 is 5.32 Å². The third-order valence-corrected chi connectivity index (χ3v) is 5.81. The molecule has 0 aliphatic rings. The SMILES string of the molecule is CC(C)(C)c1cc(CCC(=O)NCc2cn3ccsc3n2)cc(C(C)(C)C)c1O. The topological polar surface area (TPSA) is 66.6 Å². The minimum Gasteiger partial charge on any atom is -0.507 e. The van der Waals surface area contributed by atoms with Crippen LogP contribution in [-0.4, -0.2) is 20.4 Å². The quantitative estimate of drug-likeness (QED) is 0.622. The van der Waals surface area contributed by atoms with Gasteiger partial charge >= 0.3 is 0 Å². The van der Waals surface area contributed by atoms with Crippen molar-refractivity contribution in [2.75, 3.05) is 0 Å².